The minimum Gasteiger partial charge on any atom is -0.381 e. The topological polar surface area (TPSA) is 64.4 Å². The minimum atomic E-state index is -0.793. The van der Waals surface area contributed by atoms with E-state index in [2.05, 4.69) is 21.2 Å². The van der Waals surface area contributed by atoms with Crippen molar-refractivity contribution in [2.24, 2.45) is 5.73 Å². The molecule has 104 valence electrons. The van der Waals surface area contributed by atoms with Crippen LogP contribution in [0.3, 0.4) is 0 Å². The molecule has 0 bridgehead atoms. The predicted molar refractivity (Wildman–Crippen MR) is 77.7 cm³/mol. The smallest absolute Gasteiger partial charge is 0.240 e. The summed E-state index contributed by atoms with van der Waals surface area (Å²) in [5.74, 6) is -0.0942. The molecule has 1 aromatic carbocycles. The molecule has 1 amide bonds. The maximum Gasteiger partial charge on any atom is 0.240 e. The van der Waals surface area contributed by atoms with Gasteiger partial charge in [-0.25, -0.2) is 0 Å². The summed E-state index contributed by atoms with van der Waals surface area (Å²) in [6.45, 7) is 3.06. The quantitative estimate of drug-likeness (QED) is 0.894. The predicted octanol–water partition coefficient (Wildman–Crippen LogP) is 2.13. The highest BCUT2D eigenvalue weighted by Crippen LogP contribution is 2.21. The molecule has 0 spiro atoms. The van der Waals surface area contributed by atoms with Crippen molar-refractivity contribution in [3.8, 4) is 0 Å². The van der Waals surface area contributed by atoms with Crippen molar-refractivity contribution in [1.82, 2.24) is 5.32 Å². The lowest BCUT2D eigenvalue weighted by molar-refractivity contribution is -0.130. The van der Waals surface area contributed by atoms with Crippen LogP contribution in [0.25, 0.3) is 0 Å². The summed E-state index contributed by atoms with van der Waals surface area (Å²) >= 11 is 3.43. The largest absolute Gasteiger partial charge is 0.381 e. The first-order valence-corrected chi connectivity index (χ1v) is 7.24. The third-order valence-electron chi connectivity index (χ3n) is 3.53. The molecule has 0 aliphatic carbocycles. The molecule has 4 nitrogen and oxygen atoms in total. The molecule has 2 rings (SSSR count). The highest BCUT2D eigenvalue weighted by atomic mass is 79.9. The van der Waals surface area contributed by atoms with Gasteiger partial charge in [-0.3, -0.25) is 4.79 Å². The zero-order valence-corrected chi connectivity index (χ0v) is 12.6. The molecule has 1 saturated heterocycles. The molecule has 1 atom stereocenters. The summed E-state index contributed by atoms with van der Waals surface area (Å²) in [5.41, 5.74) is 6.42. The minimum absolute atomic E-state index is 0.0618. The van der Waals surface area contributed by atoms with E-state index in [1.165, 1.54) is 0 Å². The van der Waals surface area contributed by atoms with Crippen LogP contribution in [0.15, 0.2) is 28.7 Å². The Kier molecular flexibility index (Phi) is 4.60. The Morgan fingerprint density at radius 3 is 2.79 bits per heavy atom. The lowest BCUT2D eigenvalue weighted by atomic mass is 9.90. The fourth-order valence-corrected chi connectivity index (χ4v) is 2.58. The highest BCUT2D eigenvalue weighted by Gasteiger charge is 2.36. The molecule has 1 aliphatic heterocycles. The average molecular weight is 327 g/mol. The van der Waals surface area contributed by atoms with E-state index in [4.69, 9.17) is 10.5 Å². The van der Waals surface area contributed by atoms with E-state index in [0.717, 1.165) is 10.0 Å². The fraction of sp³-hybridized carbons (Fsp3) is 0.500. The standard InChI is InChI=1S/C14H19BrN2O2/c1-10(11-3-2-4-12(15)9-11)17-13(18)14(16)5-7-19-8-6-14/h2-4,9-10H,5-8,16H2,1H3,(H,17,18)/t10-/m1/s1. The van der Waals surface area contributed by atoms with Gasteiger partial charge < -0.3 is 15.8 Å². The van der Waals surface area contributed by atoms with Crippen molar-refractivity contribution in [1.29, 1.82) is 0 Å². The molecule has 0 aromatic heterocycles. The van der Waals surface area contributed by atoms with E-state index in [1.54, 1.807) is 0 Å². The van der Waals surface area contributed by atoms with Gasteiger partial charge in [0, 0.05) is 17.7 Å². The van der Waals surface area contributed by atoms with Crippen LogP contribution in [0.5, 0.6) is 0 Å². The second kappa shape index (κ2) is 6.03. The Bertz CT molecular complexity index is 459. The Hall–Kier alpha value is -0.910. The first-order valence-electron chi connectivity index (χ1n) is 6.44. The molecule has 1 heterocycles. The number of benzene rings is 1. The van der Waals surface area contributed by atoms with Gasteiger partial charge in [-0.2, -0.15) is 0 Å². The van der Waals surface area contributed by atoms with Crippen molar-refractivity contribution < 1.29 is 9.53 Å². The molecule has 19 heavy (non-hydrogen) atoms. The maximum absolute atomic E-state index is 12.3. The molecular formula is C14H19BrN2O2. The van der Waals surface area contributed by atoms with Crippen LogP contribution >= 0.6 is 15.9 Å². The van der Waals surface area contributed by atoms with E-state index in [9.17, 15) is 4.79 Å². The first kappa shape index (κ1) is 14.5. The van der Waals surface area contributed by atoms with Crippen molar-refractivity contribution in [2.75, 3.05) is 13.2 Å². The fourth-order valence-electron chi connectivity index (χ4n) is 2.16. The number of hydrogen-bond acceptors (Lipinski definition) is 3. The van der Waals surface area contributed by atoms with E-state index >= 15 is 0 Å². The molecule has 5 heteroatoms. The van der Waals surface area contributed by atoms with Crippen molar-refractivity contribution >= 4 is 21.8 Å². The van der Waals surface area contributed by atoms with Crippen LogP contribution in [0.4, 0.5) is 0 Å². The highest BCUT2D eigenvalue weighted by molar-refractivity contribution is 9.10. The van der Waals surface area contributed by atoms with Crippen LogP contribution in [-0.2, 0) is 9.53 Å². The Morgan fingerprint density at radius 2 is 2.16 bits per heavy atom. The van der Waals surface area contributed by atoms with Gasteiger partial charge in [0.25, 0.3) is 0 Å². The summed E-state index contributed by atoms with van der Waals surface area (Å²) in [6.07, 6.45) is 1.15. The molecule has 3 N–H and O–H groups in total. The van der Waals surface area contributed by atoms with E-state index < -0.39 is 5.54 Å². The summed E-state index contributed by atoms with van der Waals surface area (Å²) < 4.78 is 6.25. The van der Waals surface area contributed by atoms with Gasteiger partial charge >= 0.3 is 0 Å². The summed E-state index contributed by atoms with van der Waals surface area (Å²) in [5, 5.41) is 2.99. The van der Waals surface area contributed by atoms with Gasteiger partial charge in [-0.15, -0.1) is 0 Å². The van der Waals surface area contributed by atoms with Gasteiger partial charge in [0.2, 0.25) is 5.91 Å². The lowest BCUT2D eigenvalue weighted by Gasteiger charge is -2.33. The molecule has 0 radical (unpaired) electrons. The van der Waals surface area contributed by atoms with Crippen molar-refractivity contribution in [3.05, 3.63) is 34.3 Å². The zero-order chi connectivity index (χ0) is 13.9. The molecule has 0 unspecified atom stereocenters. The molecule has 1 fully saturated rings. The van der Waals surface area contributed by atoms with Crippen LogP contribution in [0.2, 0.25) is 0 Å². The molecule has 1 aromatic rings. The first-order chi connectivity index (χ1) is 9.01. The van der Waals surface area contributed by atoms with Crippen LogP contribution < -0.4 is 11.1 Å². The number of rotatable bonds is 3. The van der Waals surface area contributed by atoms with E-state index in [1.807, 2.05) is 31.2 Å². The SMILES string of the molecule is C[C@@H](NC(=O)C1(N)CCOCC1)c1cccc(Br)c1. The number of carbonyl (C=O) groups is 1. The maximum atomic E-state index is 12.3. The molecule has 1 aliphatic rings. The summed E-state index contributed by atoms with van der Waals surface area (Å²) in [4.78, 5) is 12.3. The van der Waals surface area contributed by atoms with Crippen molar-refractivity contribution in [2.45, 2.75) is 31.3 Å². The van der Waals surface area contributed by atoms with E-state index in [-0.39, 0.29) is 11.9 Å². The number of halogens is 1. The lowest BCUT2D eigenvalue weighted by Crippen LogP contribution is -2.57. The molecule has 0 saturated carbocycles. The van der Waals surface area contributed by atoms with Crippen LogP contribution in [0.1, 0.15) is 31.4 Å². The van der Waals surface area contributed by atoms with Crippen molar-refractivity contribution in [3.63, 3.8) is 0 Å². The normalized spacial score (nSPS) is 19.7. The third kappa shape index (κ3) is 3.55. The Balaban J connectivity index is 2.02. The van der Waals surface area contributed by atoms with Crippen LogP contribution in [0, 0.1) is 0 Å². The number of amides is 1. The van der Waals surface area contributed by atoms with Gasteiger partial charge in [0.15, 0.2) is 0 Å². The molecular weight excluding hydrogens is 308 g/mol. The van der Waals surface area contributed by atoms with Gasteiger partial charge in [0.1, 0.15) is 0 Å². The zero-order valence-electron chi connectivity index (χ0n) is 11.0. The summed E-state index contributed by atoms with van der Waals surface area (Å²) in [7, 11) is 0. The summed E-state index contributed by atoms with van der Waals surface area (Å²) in [6, 6.07) is 7.84. The third-order valence-corrected chi connectivity index (χ3v) is 4.03. The van der Waals surface area contributed by atoms with Crippen LogP contribution in [-0.4, -0.2) is 24.7 Å². The average Bonchev–Trinajstić information content (AvgIpc) is 2.39. The van der Waals surface area contributed by atoms with E-state index in [0.29, 0.717) is 26.1 Å². The Morgan fingerprint density at radius 1 is 1.47 bits per heavy atom. The van der Waals surface area contributed by atoms with Gasteiger partial charge in [-0.05, 0) is 37.5 Å². The number of carbonyl (C=O) groups excluding carboxylic acids is 1. The number of nitrogens with one attached hydrogen (secondary N) is 1. The second-order valence-corrected chi connectivity index (χ2v) is 5.93. The number of nitrogens with two attached hydrogens (primary N) is 1. The number of hydrogen-bond donors (Lipinski definition) is 2. The van der Waals surface area contributed by atoms with Gasteiger partial charge in [-0.1, -0.05) is 28.1 Å². The Labute approximate surface area is 121 Å². The number of ether oxygens (including phenoxy) is 1. The monoisotopic (exact) mass is 326 g/mol. The van der Waals surface area contributed by atoms with Gasteiger partial charge in [0.05, 0.1) is 11.6 Å². The second-order valence-electron chi connectivity index (χ2n) is 5.02.